The zero-order valence-electron chi connectivity index (χ0n) is 30.8. The van der Waals surface area contributed by atoms with Gasteiger partial charge >= 0.3 is 0 Å². The van der Waals surface area contributed by atoms with Gasteiger partial charge in [-0.25, -0.2) is 17.7 Å². The van der Waals surface area contributed by atoms with Crippen molar-refractivity contribution in [1.82, 2.24) is 5.32 Å². The number of azide groups is 1. The van der Waals surface area contributed by atoms with Crippen molar-refractivity contribution in [3.8, 4) is 0 Å². The highest BCUT2D eigenvalue weighted by molar-refractivity contribution is 8.00. The summed E-state index contributed by atoms with van der Waals surface area (Å²) in [7, 11) is -2.52. The molecule has 2 saturated heterocycles. The van der Waals surface area contributed by atoms with Crippen LogP contribution in [0, 0.1) is 17.5 Å². The highest BCUT2D eigenvalue weighted by Gasteiger charge is 2.43. The summed E-state index contributed by atoms with van der Waals surface area (Å²) < 4.78 is 66.7. The van der Waals surface area contributed by atoms with E-state index in [2.05, 4.69) is 50.1 Å². The summed E-state index contributed by atoms with van der Waals surface area (Å²) in [4.78, 5) is 29.4. The van der Waals surface area contributed by atoms with Gasteiger partial charge in [0.15, 0.2) is 17.3 Å². The molecule has 4 aliphatic rings. The molecule has 3 heterocycles. The number of carboxylic acids is 1. The summed E-state index contributed by atoms with van der Waals surface area (Å²) >= 11 is 0.447. The van der Waals surface area contributed by atoms with Gasteiger partial charge in [0, 0.05) is 60.1 Å². The smallest absolute Gasteiger partial charge is 0.230 e. The Hall–Kier alpha value is -4.38. The number of hydrogen-bond donors (Lipinski definition) is 1. The van der Waals surface area contributed by atoms with Crippen molar-refractivity contribution < 1.29 is 46.7 Å². The van der Waals surface area contributed by atoms with Crippen LogP contribution in [0.15, 0.2) is 57.2 Å². The molecule has 0 bridgehead atoms. The van der Waals surface area contributed by atoms with E-state index in [4.69, 9.17) is 19.7 Å². The second-order valence-corrected chi connectivity index (χ2v) is 19.2. The van der Waals surface area contributed by atoms with Crippen LogP contribution in [-0.4, -0.2) is 115 Å². The summed E-state index contributed by atoms with van der Waals surface area (Å²) in [5.74, 6) is -7.82. The van der Waals surface area contributed by atoms with E-state index in [1.165, 1.54) is 0 Å². The number of nitrogens with one attached hydrogen (secondary N) is 1. The lowest BCUT2D eigenvalue weighted by atomic mass is 9.86. The van der Waals surface area contributed by atoms with Gasteiger partial charge in [0.05, 0.1) is 62.7 Å². The number of allylic oxidation sites excluding steroid dienone is 5. The number of carbonyl (C=O) groups is 2. The molecule has 0 radical (unpaired) electrons. The lowest BCUT2D eigenvalue weighted by molar-refractivity contribution is -0.582. The number of carboxylic acid groups (broad SMARTS) is 1. The summed E-state index contributed by atoms with van der Waals surface area (Å²) in [6.07, 6.45) is 7.95. The second kappa shape index (κ2) is 18.0. The Balaban J connectivity index is 1.22. The van der Waals surface area contributed by atoms with Crippen molar-refractivity contribution in [3.05, 3.63) is 91.8 Å². The van der Waals surface area contributed by atoms with Crippen LogP contribution < -0.4 is 20.5 Å². The molecule has 0 saturated carbocycles. The molecule has 3 aliphatic heterocycles. The molecule has 1 N–H and O–H groups in total. The molecule has 12 nitrogen and oxygen atoms in total. The number of thioether (sulfide) groups is 1. The van der Waals surface area contributed by atoms with Gasteiger partial charge in [0.2, 0.25) is 5.91 Å². The van der Waals surface area contributed by atoms with Crippen molar-refractivity contribution in [1.29, 1.82) is 0 Å². The normalized spacial score (nSPS) is 16.8. The predicted molar refractivity (Wildman–Crippen MR) is 204 cm³/mol. The summed E-state index contributed by atoms with van der Waals surface area (Å²) in [5.41, 5.74) is 9.71. The average Bonchev–Trinajstić information content (AvgIpc) is 3.11. The topological polar surface area (TPSA) is 152 Å². The number of rotatable bonds is 18. The fourth-order valence-electron chi connectivity index (χ4n) is 6.97. The second-order valence-electron chi connectivity index (χ2n) is 13.9. The minimum Gasteiger partial charge on any atom is -0.545 e. The SMILES string of the molecule is C[Si]1(C)C2=CC(=[N+]3CCC3)C=CC2=C(c2c(F)c(SCC(=O)NCCOCCOCCOCCN=[N+]=[N-])c(F)c(F)c2C(=O)[O-])c2ccc(N3CCC3)cc21. The van der Waals surface area contributed by atoms with Gasteiger partial charge in [-0.1, -0.05) is 24.3 Å². The van der Waals surface area contributed by atoms with Crippen LogP contribution in [0.1, 0.15) is 34.3 Å². The first kappa shape index (κ1) is 40.3. The van der Waals surface area contributed by atoms with Crippen LogP contribution in [0.5, 0.6) is 0 Å². The first-order valence-electron chi connectivity index (χ1n) is 18.3. The monoisotopic (exact) mass is 796 g/mol. The molecule has 0 spiro atoms. The third-order valence-electron chi connectivity index (χ3n) is 10.1. The molecular weight excluding hydrogens is 754 g/mol. The fraction of sp³-hybridized carbons (Fsp3) is 0.447. The Bertz CT molecular complexity index is 2020. The van der Waals surface area contributed by atoms with Crippen LogP contribution in [-0.2, 0) is 19.0 Å². The van der Waals surface area contributed by atoms with Crippen molar-refractivity contribution in [2.24, 2.45) is 5.11 Å². The van der Waals surface area contributed by atoms with E-state index in [0.29, 0.717) is 42.7 Å². The van der Waals surface area contributed by atoms with Crippen LogP contribution in [0.25, 0.3) is 16.0 Å². The molecule has 1 aliphatic carbocycles. The number of amides is 1. The first-order chi connectivity index (χ1) is 26.5. The fourth-order valence-corrected chi connectivity index (χ4v) is 10.9. The maximum Gasteiger partial charge on any atom is 0.230 e. The van der Waals surface area contributed by atoms with E-state index in [1.54, 1.807) is 0 Å². The number of fused-ring (bicyclic) bond motifs is 2. The van der Waals surface area contributed by atoms with Crippen LogP contribution in [0.2, 0.25) is 13.1 Å². The largest absolute Gasteiger partial charge is 0.545 e. The number of aromatic carboxylic acids is 1. The molecule has 2 fully saturated rings. The van der Waals surface area contributed by atoms with Crippen LogP contribution >= 0.6 is 11.8 Å². The summed E-state index contributed by atoms with van der Waals surface area (Å²) in [6.45, 7) is 9.93. The molecule has 1 amide bonds. The highest BCUT2D eigenvalue weighted by Crippen LogP contribution is 2.46. The molecule has 0 atom stereocenters. The van der Waals surface area contributed by atoms with Crippen LogP contribution in [0.3, 0.4) is 0 Å². The molecule has 55 heavy (non-hydrogen) atoms. The van der Waals surface area contributed by atoms with Gasteiger partial charge in [-0.15, -0.1) is 11.8 Å². The third-order valence-corrected chi connectivity index (χ3v) is 14.7. The van der Waals surface area contributed by atoms with E-state index in [9.17, 15) is 14.7 Å². The van der Waals surface area contributed by atoms with E-state index in [-0.39, 0.29) is 38.5 Å². The van der Waals surface area contributed by atoms with Crippen molar-refractivity contribution >= 4 is 53.9 Å². The van der Waals surface area contributed by atoms with Gasteiger partial charge in [-0.2, -0.15) is 0 Å². The van der Waals surface area contributed by atoms with Gasteiger partial charge in [0.1, 0.15) is 27.0 Å². The molecule has 0 unspecified atom stereocenters. The number of nitrogens with zero attached hydrogens (tertiary/aromatic N) is 5. The lowest BCUT2D eigenvalue weighted by Crippen LogP contribution is -2.50. The average molecular weight is 797 g/mol. The van der Waals surface area contributed by atoms with Crippen molar-refractivity contribution in [3.63, 3.8) is 0 Å². The maximum atomic E-state index is 16.9. The Labute approximate surface area is 322 Å². The van der Waals surface area contributed by atoms with Gasteiger partial charge in [-0.05, 0) is 57.3 Å². The van der Waals surface area contributed by atoms with E-state index in [0.717, 1.165) is 60.8 Å². The predicted octanol–water partition coefficient (Wildman–Crippen LogP) is 3.87. The maximum absolute atomic E-state index is 16.9. The van der Waals surface area contributed by atoms with E-state index in [1.807, 2.05) is 24.3 Å². The molecule has 17 heteroatoms. The first-order valence-corrected chi connectivity index (χ1v) is 22.3. The third kappa shape index (κ3) is 8.71. The minimum atomic E-state index is -2.52. The zero-order chi connectivity index (χ0) is 39.1. The molecule has 2 aromatic rings. The van der Waals surface area contributed by atoms with Crippen molar-refractivity contribution in [2.75, 3.05) is 89.6 Å². The molecule has 0 aromatic heterocycles. The zero-order valence-corrected chi connectivity index (χ0v) is 32.6. The van der Waals surface area contributed by atoms with Crippen molar-refractivity contribution in [2.45, 2.75) is 30.8 Å². The van der Waals surface area contributed by atoms with Gasteiger partial charge in [0.25, 0.3) is 0 Å². The molecule has 6 rings (SSSR count). The Morgan fingerprint density at radius 3 is 2.35 bits per heavy atom. The quantitative estimate of drug-likeness (QED) is 0.0349. The standard InChI is InChI=1S/C38H43F3N6O6SSi/c1-55(2)28-21-24(46-11-3-12-46)5-7-26(28)31(27-8-6-25(22-29(27)55)47-13-4-14-47)32-33(38(49)50)34(39)36(41)37(35(32)40)54-23-30(48)43-9-15-51-17-19-53-20-18-52-16-10-44-45-42/h5-8,21-22H,3-4,9-20,23H2,1-2H3,(H-,43,48,49,50). The van der Waals surface area contributed by atoms with Crippen LogP contribution in [0.4, 0.5) is 18.9 Å². The minimum absolute atomic E-state index is 0.0973. The Morgan fingerprint density at radius 1 is 1.00 bits per heavy atom. The number of anilines is 1. The molecule has 292 valence electrons. The molecular formula is C38H43F3N6O6SSi. The number of halogens is 3. The van der Waals surface area contributed by atoms with Gasteiger partial charge in [-0.3, -0.25) is 4.79 Å². The number of carbonyl (C=O) groups excluding carboxylic acids is 2. The Morgan fingerprint density at radius 2 is 1.71 bits per heavy atom. The summed E-state index contributed by atoms with van der Waals surface area (Å²) in [5, 5.41) is 20.4. The number of hydrogen-bond acceptors (Lipinski definition) is 9. The van der Waals surface area contributed by atoms with E-state index >= 15 is 13.2 Å². The highest BCUT2D eigenvalue weighted by atomic mass is 32.2. The number of ether oxygens (including phenoxy) is 3. The molecule has 2 aromatic carbocycles. The van der Waals surface area contributed by atoms with E-state index < -0.39 is 59.2 Å². The summed E-state index contributed by atoms with van der Waals surface area (Å²) in [6, 6.07) is 5.82. The lowest BCUT2D eigenvalue weighted by Gasteiger charge is -2.40. The van der Waals surface area contributed by atoms with Gasteiger partial charge < -0.3 is 34.3 Å². The number of benzene rings is 2. The Kier molecular flexibility index (Phi) is 13.2.